The Balaban J connectivity index is 2.72. The van der Waals surface area contributed by atoms with Crippen LogP contribution in [0.15, 0.2) is 18.2 Å². The molecule has 0 bridgehead atoms. The lowest BCUT2D eigenvalue weighted by Crippen LogP contribution is -1.99. The number of hydrogen-bond donors (Lipinski definition) is 1. The van der Waals surface area contributed by atoms with Gasteiger partial charge in [-0.25, -0.2) is 0 Å². The Morgan fingerprint density at radius 2 is 2.29 bits per heavy atom. The molecule has 0 unspecified atom stereocenters. The van der Waals surface area contributed by atoms with E-state index < -0.39 is 0 Å². The van der Waals surface area contributed by atoms with Crippen LogP contribution in [0.2, 0.25) is 0 Å². The topological polar surface area (TPSA) is 59.0 Å². The highest BCUT2D eigenvalue weighted by atomic mass is 16.5. The van der Waals surface area contributed by atoms with Gasteiger partial charge in [-0.1, -0.05) is 13.3 Å². The molecule has 2 N–H and O–H groups in total. The first-order valence-electron chi connectivity index (χ1n) is 4.70. The fraction of sp³-hybridized carbons (Fsp3) is 0.364. The molecule has 3 nitrogen and oxygen atoms in total. The lowest BCUT2D eigenvalue weighted by atomic mass is 10.2. The zero-order valence-corrected chi connectivity index (χ0v) is 8.29. The summed E-state index contributed by atoms with van der Waals surface area (Å²) >= 11 is 0. The number of ether oxygens (including phenoxy) is 1. The van der Waals surface area contributed by atoms with Crippen molar-refractivity contribution in [1.29, 1.82) is 5.26 Å². The van der Waals surface area contributed by atoms with Gasteiger partial charge in [-0.2, -0.15) is 5.26 Å². The minimum atomic E-state index is 0.501. The Bertz CT molecular complexity index is 342. The smallest absolute Gasteiger partial charge is 0.137 e. The number of rotatable bonds is 4. The van der Waals surface area contributed by atoms with E-state index in [9.17, 15) is 0 Å². The van der Waals surface area contributed by atoms with Crippen LogP contribution in [0.25, 0.3) is 0 Å². The molecule has 1 rings (SSSR count). The van der Waals surface area contributed by atoms with Crippen molar-refractivity contribution in [2.24, 2.45) is 0 Å². The van der Waals surface area contributed by atoms with E-state index >= 15 is 0 Å². The van der Waals surface area contributed by atoms with E-state index in [4.69, 9.17) is 15.7 Å². The van der Waals surface area contributed by atoms with Gasteiger partial charge in [0.1, 0.15) is 11.8 Å². The zero-order chi connectivity index (χ0) is 10.4. The van der Waals surface area contributed by atoms with Crippen LogP contribution in [0.4, 0.5) is 5.69 Å². The predicted octanol–water partition coefficient (Wildman–Crippen LogP) is 2.32. The molecule has 14 heavy (non-hydrogen) atoms. The lowest BCUT2D eigenvalue weighted by Gasteiger charge is -2.07. The van der Waals surface area contributed by atoms with Crippen LogP contribution in [-0.4, -0.2) is 6.61 Å². The molecular formula is C11H14N2O. The molecule has 0 saturated heterocycles. The van der Waals surface area contributed by atoms with E-state index in [1.165, 1.54) is 0 Å². The third-order valence-corrected chi connectivity index (χ3v) is 1.88. The summed E-state index contributed by atoms with van der Waals surface area (Å²) in [6.45, 7) is 2.74. The third kappa shape index (κ3) is 2.67. The number of benzene rings is 1. The first-order valence-corrected chi connectivity index (χ1v) is 4.70. The van der Waals surface area contributed by atoms with E-state index in [1.54, 1.807) is 18.2 Å². The second-order valence-corrected chi connectivity index (χ2v) is 3.07. The van der Waals surface area contributed by atoms with Crippen molar-refractivity contribution in [1.82, 2.24) is 0 Å². The van der Waals surface area contributed by atoms with Crippen molar-refractivity contribution in [2.75, 3.05) is 12.3 Å². The predicted molar refractivity (Wildman–Crippen MR) is 56.0 cm³/mol. The normalized spacial score (nSPS) is 9.43. The fourth-order valence-electron chi connectivity index (χ4n) is 1.09. The number of unbranched alkanes of at least 4 members (excludes halogenated alkanes) is 1. The van der Waals surface area contributed by atoms with Gasteiger partial charge in [-0.15, -0.1) is 0 Å². The molecule has 0 aliphatic heterocycles. The number of nitrogens with zero attached hydrogens (tertiary/aromatic N) is 1. The largest absolute Gasteiger partial charge is 0.492 e. The summed E-state index contributed by atoms with van der Waals surface area (Å²) in [7, 11) is 0. The Kier molecular flexibility index (Phi) is 3.81. The van der Waals surface area contributed by atoms with Crippen LogP contribution >= 0.6 is 0 Å². The molecule has 74 valence electrons. The Morgan fingerprint density at radius 3 is 2.93 bits per heavy atom. The molecule has 1 aromatic carbocycles. The van der Waals surface area contributed by atoms with E-state index in [-0.39, 0.29) is 0 Å². The number of nitriles is 1. The highest BCUT2D eigenvalue weighted by Crippen LogP contribution is 2.20. The molecular weight excluding hydrogens is 176 g/mol. The van der Waals surface area contributed by atoms with Gasteiger partial charge in [0.2, 0.25) is 0 Å². The highest BCUT2D eigenvalue weighted by Gasteiger charge is 2.02. The summed E-state index contributed by atoms with van der Waals surface area (Å²) in [6, 6.07) is 7.16. The molecule has 0 saturated carbocycles. The summed E-state index contributed by atoms with van der Waals surface area (Å²) in [5, 5.41) is 8.81. The Labute approximate surface area is 84.1 Å². The van der Waals surface area contributed by atoms with Crippen molar-refractivity contribution in [2.45, 2.75) is 19.8 Å². The summed E-state index contributed by atoms with van der Waals surface area (Å²) in [5.74, 6) is 0.621. The van der Waals surface area contributed by atoms with E-state index in [1.807, 2.05) is 0 Å². The van der Waals surface area contributed by atoms with Gasteiger partial charge in [0, 0.05) is 5.69 Å². The maximum atomic E-state index is 8.81. The molecule has 0 fully saturated rings. The minimum Gasteiger partial charge on any atom is -0.492 e. The molecule has 0 aromatic heterocycles. The van der Waals surface area contributed by atoms with Gasteiger partial charge >= 0.3 is 0 Å². The molecule has 0 aliphatic carbocycles. The standard InChI is InChI=1S/C11H14N2O/c1-2-3-6-14-11-5-4-10(13)7-9(11)8-12/h4-5,7H,2-3,6,13H2,1H3. The minimum absolute atomic E-state index is 0.501. The average molecular weight is 190 g/mol. The lowest BCUT2D eigenvalue weighted by molar-refractivity contribution is 0.308. The van der Waals surface area contributed by atoms with Crippen LogP contribution < -0.4 is 10.5 Å². The van der Waals surface area contributed by atoms with Crippen molar-refractivity contribution < 1.29 is 4.74 Å². The summed E-state index contributed by atoms with van der Waals surface area (Å²) in [6.07, 6.45) is 2.08. The number of anilines is 1. The second kappa shape index (κ2) is 5.13. The van der Waals surface area contributed by atoms with Crippen molar-refractivity contribution in [3.05, 3.63) is 23.8 Å². The molecule has 1 aromatic rings. The zero-order valence-electron chi connectivity index (χ0n) is 8.29. The van der Waals surface area contributed by atoms with Gasteiger partial charge < -0.3 is 10.5 Å². The fourth-order valence-corrected chi connectivity index (χ4v) is 1.09. The first kappa shape index (κ1) is 10.4. The number of nitrogens with two attached hydrogens (primary N) is 1. The van der Waals surface area contributed by atoms with Crippen LogP contribution in [0.3, 0.4) is 0 Å². The van der Waals surface area contributed by atoms with E-state index in [0.717, 1.165) is 12.8 Å². The van der Waals surface area contributed by atoms with Crippen molar-refractivity contribution in [3.63, 3.8) is 0 Å². The van der Waals surface area contributed by atoms with Gasteiger partial charge in [0.05, 0.1) is 12.2 Å². The van der Waals surface area contributed by atoms with E-state index in [2.05, 4.69) is 13.0 Å². The molecule has 0 heterocycles. The molecule has 0 aliphatic rings. The van der Waals surface area contributed by atoms with Crippen LogP contribution in [0, 0.1) is 11.3 Å². The van der Waals surface area contributed by atoms with Crippen LogP contribution in [0.1, 0.15) is 25.3 Å². The van der Waals surface area contributed by atoms with Gasteiger partial charge in [-0.3, -0.25) is 0 Å². The summed E-state index contributed by atoms with van der Waals surface area (Å²) in [4.78, 5) is 0. The summed E-state index contributed by atoms with van der Waals surface area (Å²) < 4.78 is 5.45. The molecule has 0 amide bonds. The SMILES string of the molecule is CCCCOc1ccc(N)cc1C#N. The Morgan fingerprint density at radius 1 is 1.50 bits per heavy atom. The molecule has 0 atom stereocenters. The maximum Gasteiger partial charge on any atom is 0.137 e. The second-order valence-electron chi connectivity index (χ2n) is 3.07. The molecule has 0 spiro atoms. The van der Waals surface area contributed by atoms with E-state index in [0.29, 0.717) is 23.6 Å². The van der Waals surface area contributed by atoms with Gasteiger partial charge in [0.25, 0.3) is 0 Å². The first-order chi connectivity index (χ1) is 6.77. The highest BCUT2D eigenvalue weighted by molar-refractivity contribution is 5.53. The van der Waals surface area contributed by atoms with Crippen molar-refractivity contribution in [3.8, 4) is 11.8 Å². The number of hydrogen-bond acceptors (Lipinski definition) is 3. The monoisotopic (exact) mass is 190 g/mol. The molecule has 0 radical (unpaired) electrons. The quantitative estimate of drug-likeness (QED) is 0.585. The van der Waals surface area contributed by atoms with Gasteiger partial charge in [-0.05, 0) is 24.6 Å². The van der Waals surface area contributed by atoms with Crippen LogP contribution in [-0.2, 0) is 0 Å². The van der Waals surface area contributed by atoms with Gasteiger partial charge in [0.15, 0.2) is 0 Å². The average Bonchev–Trinajstić information content (AvgIpc) is 2.20. The summed E-state index contributed by atoms with van der Waals surface area (Å²) in [5.41, 5.74) is 6.64. The third-order valence-electron chi connectivity index (χ3n) is 1.88. The number of nitrogen functional groups attached to an aromatic ring is 1. The van der Waals surface area contributed by atoms with Crippen LogP contribution in [0.5, 0.6) is 5.75 Å². The maximum absolute atomic E-state index is 8.81. The van der Waals surface area contributed by atoms with Crippen molar-refractivity contribution >= 4 is 5.69 Å². The Hall–Kier alpha value is -1.69. The molecule has 3 heteroatoms.